The highest BCUT2D eigenvalue weighted by molar-refractivity contribution is 7.81. The van der Waals surface area contributed by atoms with E-state index >= 15 is 0 Å². The Labute approximate surface area is 166 Å². The third-order valence-corrected chi connectivity index (χ3v) is 5.83. The summed E-state index contributed by atoms with van der Waals surface area (Å²) in [5.74, 6) is 0. The Morgan fingerprint density at radius 1 is 1.04 bits per heavy atom. The van der Waals surface area contributed by atoms with E-state index < -0.39 is 32.3 Å². The van der Waals surface area contributed by atoms with Gasteiger partial charge in [0, 0.05) is 22.4 Å². The predicted octanol–water partition coefficient (Wildman–Crippen LogP) is 1.84. The number of nitrogen functional groups attached to an aromatic ring is 1. The summed E-state index contributed by atoms with van der Waals surface area (Å²) in [7, 11) is 0. The zero-order chi connectivity index (χ0) is 21.3. The minimum atomic E-state index is -0.636. The first-order valence-corrected chi connectivity index (χ1v) is 9.45. The van der Waals surface area contributed by atoms with E-state index in [1.165, 1.54) is 0 Å². The highest BCUT2D eigenvalue weighted by atomic mass is 32.1. The fourth-order valence-corrected chi connectivity index (χ4v) is 3.39. The minimum Gasteiger partial charge on any atom is -0.394 e. The van der Waals surface area contributed by atoms with E-state index in [-0.39, 0.29) is 11.4 Å². The smallest absolute Gasteiger partial charge is 0.253 e. The van der Waals surface area contributed by atoms with E-state index in [9.17, 15) is 14.4 Å². The summed E-state index contributed by atoms with van der Waals surface area (Å²) in [6.45, 7) is 14.0. The molecule has 27 heavy (non-hydrogen) atoms. The van der Waals surface area contributed by atoms with Gasteiger partial charge in [-0.1, -0.05) is 0 Å². The van der Waals surface area contributed by atoms with Crippen molar-refractivity contribution >= 4 is 30.4 Å². The quantitative estimate of drug-likeness (QED) is 0.257. The lowest BCUT2D eigenvalue weighted by Crippen LogP contribution is -2.53. The minimum absolute atomic E-state index is 0.0119. The number of ether oxygens (including phenoxy) is 1. The molecule has 0 bridgehead atoms. The number of thiol groups is 1. The van der Waals surface area contributed by atoms with Gasteiger partial charge in [0.05, 0.1) is 5.60 Å². The molecule has 0 aliphatic rings. The van der Waals surface area contributed by atoms with Gasteiger partial charge in [-0.15, -0.1) is 0 Å². The summed E-state index contributed by atoms with van der Waals surface area (Å²) in [6, 6.07) is 0. The number of carbonyl (C=O) groups is 1. The molecule has 1 unspecified atom stereocenters. The van der Waals surface area contributed by atoms with Crippen LogP contribution < -0.4 is 27.2 Å². The maximum atomic E-state index is 11.6. The number of rotatable bonds is 11. The second-order valence-electron chi connectivity index (χ2n) is 9.16. The zero-order valence-electron chi connectivity index (χ0n) is 17.4. The monoisotopic (exact) mass is 399 g/mol. The molecule has 8 heteroatoms. The van der Waals surface area contributed by atoms with Crippen LogP contribution in [0.5, 0.6) is 0 Å². The van der Waals surface area contributed by atoms with Crippen molar-refractivity contribution in [3.8, 4) is 0 Å². The molecular formula is C19H33N3O4S. The standard InChI is InChI=1S/C19H33N3O4S/c1-16(2,22-13-12(20)14(24)15(13)25)8-9-26-18(5,6)19(7,27)10-17(3,4)21-11-23/h11,22,27H,8-10,20H2,1-7H3,(H,21,23). The molecular weight excluding hydrogens is 366 g/mol. The summed E-state index contributed by atoms with van der Waals surface area (Å²) < 4.78 is 5.62. The van der Waals surface area contributed by atoms with E-state index in [0.29, 0.717) is 25.9 Å². The number of hydrogen-bond acceptors (Lipinski definition) is 7. The van der Waals surface area contributed by atoms with Crippen LogP contribution in [0.2, 0.25) is 0 Å². The van der Waals surface area contributed by atoms with Gasteiger partial charge in [0.1, 0.15) is 11.4 Å². The first kappa shape index (κ1) is 23.5. The molecule has 0 aliphatic heterocycles. The molecule has 0 radical (unpaired) electrons. The maximum absolute atomic E-state index is 11.6. The fourth-order valence-electron chi connectivity index (χ4n) is 2.93. The second kappa shape index (κ2) is 7.83. The zero-order valence-corrected chi connectivity index (χ0v) is 18.3. The molecule has 1 atom stereocenters. The largest absolute Gasteiger partial charge is 0.394 e. The van der Waals surface area contributed by atoms with Crippen LogP contribution in [0.25, 0.3) is 0 Å². The van der Waals surface area contributed by atoms with Crippen molar-refractivity contribution in [1.29, 1.82) is 0 Å². The van der Waals surface area contributed by atoms with Crippen LogP contribution in [0.15, 0.2) is 9.59 Å². The number of hydrogen-bond donors (Lipinski definition) is 4. The molecule has 154 valence electrons. The molecule has 0 aromatic heterocycles. The molecule has 0 aliphatic carbocycles. The summed E-state index contributed by atoms with van der Waals surface area (Å²) in [6.07, 6.45) is 1.89. The van der Waals surface area contributed by atoms with Crippen LogP contribution in [-0.2, 0) is 9.53 Å². The lowest BCUT2D eigenvalue weighted by molar-refractivity contribution is -0.111. The van der Waals surface area contributed by atoms with Crippen LogP contribution in [0.4, 0.5) is 11.4 Å². The Morgan fingerprint density at radius 2 is 1.59 bits per heavy atom. The van der Waals surface area contributed by atoms with Gasteiger partial charge in [-0.2, -0.15) is 12.6 Å². The van der Waals surface area contributed by atoms with Crippen LogP contribution in [-0.4, -0.2) is 34.4 Å². The van der Waals surface area contributed by atoms with Gasteiger partial charge < -0.3 is 21.1 Å². The van der Waals surface area contributed by atoms with E-state index in [4.69, 9.17) is 23.1 Å². The molecule has 1 amide bonds. The van der Waals surface area contributed by atoms with Crippen molar-refractivity contribution in [3.05, 3.63) is 20.4 Å². The number of nitrogens with two attached hydrogens (primary N) is 1. The Kier molecular flexibility index (Phi) is 6.82. The summed E-state index contributed by atoms with van der Waals surface area (Å²) in [5.41, 5.74) is 3.07. The third kappa shape index (κ3) is 5.72. The highest BCUT2D eigenvalue weighted by Crippen LogP contribution is 2.38. The van der Waals surface area contributed by atoms with Crippen LogP contribution >= 0.6 is 12.6 Å². The molecule has 4 N–H and O–H groups in total. The average Bonchev–Trinajstić information content (AvgIpc) is 2.49. The van der Waals surface area contributed by atoms with Gasteiger partial charge in [-0.3, -0.25) is 14.4 Å². The van der Waals surface area contributed by atoms with Crippen molar-refractivity contribution in [3.63, 3.8) is 0 Å². The fraction of sp³-hybridized carbons (Fsp3) is 0.737. The molecule has 1 rings (SSSR count). The summed E-state index contributed by atoms with van der Waals surface area (Å²) in [5, 5.41) is 5.84. The molecule has 1 aromatic carbocycles. The Hall–Kier alpha value is -1.54. The lowest BCUT2D eigenvalue weighted by Gasteiger charge is -2.45. The van der Waals surface area contributed by atoms with Gasteiger partial charge in [0.15, 0.2) is 0 Å². The van der Waals surface area contributed by atoms with Crippen LogP contribution in [0.3, 0.4) is 0 Å². The first-order chi connectivity index (χ1) is 12.1. The molecule has 7 nitrogen and oxygen atoms in total. The van der Waals surface area contributed by atoms with Gasteiger partial charge in [-0.05, 0) is 61.3 Å². The van der Waals surface area contributed by atoms with Gasteiger partial charge in [0.25, 0.3) is 10.9 Å². The van der Waals surface area contributed by atoms with Gasteiger partial charge in [0.2, 0.25) is 6.41 Å². The predicted molar refractivity (Wildman–Crippen MR) is 113 cm³/mol. The number of nitrogens with one attached hydrogen (secondary N) is 2. The highest BCUT2D eigenvalue weighted by Gasteiger charge is 2.43. The number of amides is 1. The molecule has 0 spiro atoms. The lowest BCUT2D eigenvalue weighted by atomic mass is 9.81. The Balaban J connectivity index is 2.68. The molecule has 0 fully saturated rings. The third-order valence-electron chi connectivity index (χ3n) is 5.13. The number of anilines is 2. The van der Waals surface area contributed by atoms with E-state index in [1.807, 2.05) is 48.5 Å². The first-order valence-electron chi connectivity index (χ1n) is 9.00. The molecule has 1 aromatic rings. The SMILES string of the molecule is CC(C)(CC(C)(S)C(C)(C)OCCC(C)(C)Nc1c(N)c(=O)c1=O)NC=O. The topological polar surface area (TPSA) is 111 Å². The Morgan fingerprint density at radius 3 is 2.07 bits per heavy atom. The second-order valence-corrected chi connectivity index (χ2v) is 10.1. The summed E-state index contributed by atoms with van der Waals surface area (Å²) >= 11 is 4.81. The number of carbonyl (C=O) groups excluding carboxylic acids is 1. The van der Waals surface area contributed by atoms with Crippen molar-refractivity contribution < 1.29 is 9.53 Å². The van der Waals surface area contributed by atoms with E-state index in [0.717, 1.165) is 0 Å². The van der Waals surface area contributed by atoms with Gasteiger partial charge >= 0.3 is 0 Å². The van der Waals surface area contributed by atoms with Crippen LogP contribution in [0.1, 0.15) is 61.3 Å². The average molecular weight is 400 g/mol. The molecule has 0 saturated heterocycles. The van der Waals surface area contributed by atoms with E-state index in [2.05, 4.69) is 10.6 Å². The molecule has 0 heterocycles. The van der Waals surface area contributed by atoms with Crippen molar-refractivity contribution in [2.45, 2.75) is 82.7 Å². The summed E-state index contributed by atoms with van der Waals surface area (Å²) in [4.78, 5) is 33.6. The Bertz CT molecular complexity index is 747. The van der Waals surface area contributed by atoms with Crippen molar-refractivity contribution in [1.82, 2.24) is 5.32 Å². The maximum Gasteiger partial charge on any atom is 0.253 e. The normalized spacial score (nSPS) is 15.4. The van der Waals surface area contributed by atoms with Gasteiger partial charge in [-0.25, -0.2) is 0 Å². The van der Waals surface area contributed by atoms with E-state index in [1.54, 1.807) is 0 Å². The van der Waals surface area contributed by atoms with Crippen LogP contribution in [0, 0.1) is 0 Å². The van der Waals surface area contributed by atoms with Crippen molar-refractivity contribution in [2.24, 2.45) is 0 Å². The van der Waals surface area contributed by atoms with Crippen molar-refractivity contribution in [2.75, 3.05) is 17.7 Å². The molecule has 0 saturated carbocycles.